The number of pyridine rings is 1. The fourth-order valence-electron chi connectivity index (χ4n) is 2.61. The zero-order valence-electron chi connectivity index (χ0n) is 13.3. The summed E-state index contributed by atoms with van der Waals surface area (Å²) in [6.07, 6.45) is 6.66. The maximum atomic E-state index is 12.2. The summed E-state index contributed by atoms with van der Waals surface area (Å²) in [5, 5.41) is 4.13. The van der Waals surface area contributed by atoms with Crippen molar-refractivity contribution in [3.05, 3.63) is 58.9 Å². The third kappa shape index (κ3) is 3.01. The number of guanidine groups is 1. The molecule has 1 aliphatic rings. The number of rotatable bonds is 3. The van der Waals surface area contributed by atoms with Crippen LogP contribution in [0.4, 0.5) is 0 Å². The Morgan fingerprint density at radius 3 is 3.12 bits per heavy atom. The highest BCUT2D eigenvalue weighted by Gasteiger charge is 2.23. The summed E-state index contributed by atoms with van der Waals surface area (Å²) in [5.74, 6) is 1.00. The monoisotopic (exact) mass is 355 g/mol. The first-order valence-electron chi connectivity index (χ1n) is 7.58. The lowest BCUT2D eigenvalue weighted by molar-refractivity contribution is -0.115. The minimum Gasteiger partial charge on any atom is -0.467 e. The van der Waals surface area contributed by atoms with Gasteiger partial charge in [0.15, 0.2) is 0 Å². The van der Waals surface area contributed by atoms with Gasteiger partial charge in [-0.1, -0.05) is 11.6 Å². The summed E-state index contributed by atoms with van der Waals surface area (Å²) in [6.45, 7) is 0.506. The van der Waals surface area contributed by atoms with Crippen molar-refractivity contribution in [3.8, 4) is 0 Å². The summed E-state index contributed by atoms with van der Waals surface area (Å²) >= 11 is 6.01. The Hall–Kier alpha value is -3.06. The molecule has 7 nitrogen and oxygen atoms in total. The number of halogens is 1. The van der Waals surface area contributed by atoms with E-state index in [0.29, 0.717) is 28.9 Å². The standard InChI is InChI=1S/C17H14ClN5O2/c1-23(9-12-3-2-4-25-12)17-21-14(16(24)22-17)5-10-7-19-15-13(10)6-11(18)8-20-15/h2-8H,9H2,1H3,(H,19,20)(H,21,22,24). The van der Waals surface area contributed by atoms with E-state index in [1.807, 2.05) is 24.1 Å². The van der Waals surface area contributed by atoms with Crippen molar-refractivity contribution in [3.63, 3.8) is 0 Å². The van der Waals surface area contributed by atoms with E-state index in [0.717, 1.165) is 16.7 Å². The van der Waals surface area contributed by atoms with E-state index in [-0.39, 0.29) is 5.91 Å². The van der Waals surface area contributed by atoms with Gasteiger partial charge in [0.2, 0.25) is 5.96 Å². The Labute approximate surface area is 148 Å². The Balaban J connectivity index is 1.62. The average Bonchev–Trinajstić information content (AvgIpc) is 3.30. The molecule has 0 fully saturated rings. The van der Waals surface area contributed by atoms with Crippen LogP contribution < -0.4 is 5.32 Å². The summed E-state index contributed by atoms with van der Waals surface area (Å²) in [6, 6.07) is 5.49. The molecular formula is C17H14ClN5O2. The van der Waals surface area contributed by atoms with E-state index in [1.54, 1.807) is 30.8 Å². The maximum absolute atomic E-state index is 12.2. The van der Waals surface area contributed by atoms with Gasteiger partial charge < -0.3 is 14.3 Å². The van der Waals surface area contributed by atoms with Gasteiger partial charge in [-0.25, -0.2) is 9.98 Å². The van der Waals surface area contributed by atoms with Crippen LogP contribution in [0, 0.1) is 0 Å². The van der Waals surface area contributed by atoms with Gasteiger partial charge in [-0.3, -0.25) is 10.1 Å². The Bertz CT molecular complexity index is 1000. The number of H-pyrrole nitrogens is 1. The van der Waals surface area contributed by atoms with Crippen LogP contribution in [0.5, 0.6) is 0 Å². The van der Waals surface area contributed by atoms with Crippen molar-refractivity contribution in [2.75, 3.05) is 7.05 Å². The molecule has 1 amide bonds. The molecule has 4 heterocycles. The number of nitrogens with zero attached hydrogens (tertiary/aromatic N) is 3. The normalized spacial score (nSPS) is 15.7. The van der Waals surface area contributed by atoms with Crippen molar-refractivity contribution >= 4 is 40.6 Å². The van der Waals surface area contributed by atoms with Crippen molar-refractivity contribution in [1.29, 1.82) is 0 Å². The molecule has 0 aliphatic carbocycles. The second-order valence-electron chi connectivity index (χ2n) is 5.65. The second-order valence-corrected chi connectivity index (χ2v) is 6.08. The van der Waals surface area contributed by atoms with E-state index < -0.39 is 0 Å². The number of hydrogen-bond donors (Lipinski definition) is 2. The van der Waals surface area contributed by atoms with Gasteiger partial charge in [0.25, 0.3) is 5.91 Å². The summed E-state index contributed by atoms with van der Waals surface area (Å²) in [7, 11) is 1.83. The molecule has 4 rings (SSSR count). The zero-order chi connectivity index (χ0) is 17.4. The SMILES string of the molecule is CN(Cc1ccco1)C1=NC(=Cc2c[nH]c3ncc(Cl)cc23)C(=O)N1. The lowest BCUT2D eigenvalue weighted by Crippen LogP contribution is -2.37. The molecule has 0 aromatic carbocycles. The van der Waals surface area contributed by atoms with Crippen LogP contribution in [0.2, 0.25) is 5.02 Å². The van der Waals surface area contributed by atoms with Crippen molar-refractivity contribution in [2.24, 2.45) is 4.99 Å². The molecule has 126 valence electrons. The third-order valence-electron chi connectivity index (χ3n) is 3.84. The topological polar surface area (TPSA) is 86.5 Å². The predicted molar refractivity (Wildman–Crippen MR) is 94.8 cm³/mol. The smallest absolute Gasteiger partial charge is 0.276 e. The Morgan fingerprint density at radius 2 is 2.32 bits per heavy atom. The van der Waals surface area contributed by atoms with Crippen LogP contribution >= 0.6 is 11.6 Å². The molecule has 3 aromatic rings. The highest BCUT2D eigenvalue weighted by Crippen LogP contribution is 2.23. The molecule has 8 heteroatoms. The highest BCUT2D eigenvalue weighted by atomic mass is 35.5. The fourth-order valence-corrected chi connectivity index (χ4v) is 2.77. The van der Waals surface area contributed by atoms with Crippen molar-refractivity contribution < 1.29 is 9.21 Å². The highest BCUT2D eigenvalue weighted by molar-refractivity contribution is 6.31. The molecule has 0 saturated carbocycles. The van der Waals surface area contributed by atoms with E-state index in [1.165, 1.54) is 0 Å². The first-order chi connectivity index (χ1) is 12.1. The summed E-state index contributed by atoms with van der Waals surface area (Å²) in [5.41, 5.74) is 1.82. The van der Waals surface area contributed by atoms with Crippen molar-refractivity contribution in [1.82, 2.24) is 20.2 Å². The average molecular weight is 356 g/mol. The molecule has 0 spiro atoms. The number of aromatic nitrogens is 2. The minimum atomic E-state index is -0.259. The van der Waals surface area contributed by atoms with Crippen molar-refractivity contribution in [2.45, 2.75) is 6.54 Å². The minimum absolute atomic E-state index is 0.259. The third-order valence-corrected chi connectivity index (χ3v) is 4.05. The first kappa shape index (κ1) is 15.5. The summed E-state index contributed by atoms with van der Waals surface area (Å²) in [4.78, 5) is 25.7. The number of hydrogen-bond acceptors (Lipinski definition) is 5. The van der Waals surface area contributed by atoms with Crippen LogP contribution in [-0.2, 0) is 11.3 Å². The molecule has 0 unspecified atom stereocenters. The number of aliphatic imine (C=N–C) groups is 1. The molecule has 0 saturated heterocycles. The molecule has 1 aliphatic heterocycles. The van der Waals surface area contributed by atoms with Gasteiger partial charge in [0.1, 0.15) is 17.1 Å². The van der Waals surface area contributed by atoms with Gasteiger partial charge in [-0.05, 0) is 24.3 Å². The largest absolute Gasteiger partial charge is 0.467 e. The maximum Gasteiger partial charge on any atom is 0.276 e. The molecule has 25 heavy (non-hydrogen) atoms. The number of carbonyl (C=O) groups is 1. The quantitative estimate of drug-likeness (QED) is 0.707. The number of nitrogens with one attached hydrogen (secondary N) is 2. The van der Waals surface area contributed by atoms with Gasteiger partial charge in [0.05, 0.1) is 17.8 Å². The molecular weight excluding hydrogens is 342 g/mol. The van der Waals surface area contributed by atoms with Crippen LogP contribution in [0.3, 0.4) is 0 Å². The van der Waals surface area contributed by atoms with Crippen LogP contribution in [0.15, 0.2) is 52.0 Å². The molecule has 0 radical (unpaired) electrons. The van der Waals surface area contributed by atoms with Gasteiger partial charge >= 0.3 is 0 Å². The van der Waals surface area contributed by atoms with Crippen LogP contribution in [0.25, 0.3) is 17.1 Å². The Morgan fingerprint density at radius 1 is 1.44 bits per heavy atom. The van der Waals surface area contributed by atoms with E-state index >= 15 is 0 Å². The molecule has 2 N–H and O–H groups in total. The van der Waals surface area contributed by atoms with Gasteiger partial charge in [-0.2, -0.15) is 0 Å². The van der Waals surface area contributed by atoms with E-state index in [9.17, 15) is 4.79 Å². The number of furan rings is 1. The molecule has 3 aromatic heterocycles. The Kier molecular flexibility index (Phi) is 3.77. The number of aromatic amines is 1. The van der Waals surface area contributed by atoms with Crippen LogP contribution in [-0.4, -0.2) is 33.8 Å². The lowest BCUT2D eigenvalue weighted by Gasteiger charge is -2.16. The number of fused-ring (bicyclic) bond motifs is 1. The lowest BCUT2D eigenvalue weighted by atomic mass is 10.2. The number of carbonyl (C=O) groups excluding carboxylic acids is 1. The fraction of sp³-hybridized carbons (Fsp3) is 0.118. The zero-order valence-corrected chi connectivity index (χ0v) is 14.0. The first-order valence-corrected chi connectivity index (χ1v) is 7.96. The second kappa shape index (κ2) is 6.10. The predicted octanol–water partition coefficient (Wildman–Crippen LogP) is 2.77. The van der Waals surface area contributed by atoms with Gasteiger partial charge in [0, 0.05) is 30.4 Å². The van der Waals surface area contributed by atoms with E-state index in [4.69, 9.17) is 16.0 Å². The van der Waals surface area contributed by atoms with E-state index in [2.05, 4.69) is 20.3 Å². The summed E-state index contributed by atoms with van der Waals surface area (Å²) < 4.78 is 5.31. The van der Waals surface area contributed by atoms with Gasteiger partial charge in [-0.15, -0.1) is 0 Å². The molecule has 0 bridgehead atoms. The molecule has 0 atom stereocenters. The number of amides is 1. The van der Waals surface area contributed by atoms with Crippen LogP contribution in [0.1, 0.15) is 11.3 Å².